The van der Waals surface area contributed by atoms with Crippen LogP contribution in [0.5, 0.6) is 0 Å². The van der Waals surface area contributed by atoms with Crippen molar-refractivity contribution < 1.29 is 4.79 Å². The van der Waals surface area contributed by atoms with Gasteiger partial charge in [-0.25, -0.2) is 4.98 Å². The maximum absolute atomic E-state index is 12.3. The normalized spacial score (nSPS) is 12.0. The molecule has 3 nitrogen and oxygen atoms in total. The Morgan fingerprint density at radius 3 is 2.52 bits per heavy atom. The molecule has 2 rings (SSSR count). The molecule has 0 aliphatic heterocycles. The third-order valence-electron chi connectivity index (χ3n) is 3.11. The molecule has 1 atom stereocenters. The number of nitrogens with zero attached hydrogens (tertiary/aromatic N) is 1. The van der Waals surface area contributed by atoms with Crippen LogP contribution in [0.2, 0.25) is 5.02 Å². The molecule has 0 unspecified atom stereocenters. The average molecular weight is 321 g/mol. The highest BCUT2D eigenvalue weighted by Crippen LogP contribution is 2.29. The van der Waals surface area contributed by atoms with E-state index in [1.807, 2.05) is 39.0 Å². The molecule has 0 bridgehead atoms. The quantitative estimate of drug-likeness (QED) is 0.845. The molecular formula is C16H17ClN2OS. The van der Waals surface area contributed by atoms with Crippen molar-refractivity contribution in [2.75, 3.05) is 5.32 Å². The summed E-state index contributed by atoms with van der Waals surface area (Å²) in [6.45, 7) is 5.81. The lowest BCUT2D eigenvalue weighted by atomic mass is 10.1. The molecule has 0 spiro atoms. The second-order valence-electron chi connectivity index (χ2n) is 4.81. The molecule has 1 aromatic carbocycles. The van der Waals surface area contributed by atoms with Gasteiger partial charge in [-0.3, -0.25) is 4.79 Å². The van der Waals surface area contributed by atoms with Crippen LogP contribution in [-0.4, -0.2) is 16.1 Å². The largest absolute Gasteiger partial charge is 0.325 e. The summed E-state index contributed by atoms with van der Waals surface area (Å²) in [6, 6.07) is 9.49. The number of thioether (sulfide) groups is 1. The van der Waals surface area contributed by atoms with Crippen molar-refractivity contribution in [3.05, 3.63) is 52.7 Å². The van der Waals surface area contributed by atoms with Gasteiger partial charge < -0.3 is 5.32 Å². The minimum absolute atomic E-state index is 0.0564. The fourth-order valence-corrected chi connectivity index (χ4v) is 2.97. The first-order valence-electron chi connectivity index (χ1n) is 6.63. The molecule has 5 heteroatoms. The van der Waals surface area contributed by atoms with E-state index in [0.717, 1.165) is 16.8 Å². The number of para-hydroxylation sites is 1. The van der Waals surface area contributed by atoms with E-state index in [-0.39, 0.29) is 11.2 Å². The zero-order valence-corrected chi connectivity index (χ0v) is 13.8. The van der Waals surface area contributed by atoms with Crippen molar-refractivity contribution >= 4 is 35.0 Å². The van der Waals surface area contributed by atoms with Crippen molar-refractivity contribution in [2.45, 2.75) is 31.0 Å². The third kappa shape index (κ3) is 3.99. The summed E-state index contributed by atoms with van der Waals surface area (Å²) in [5, 5.41) is 3.94. The van der Waals surface area contributed by atoms with E-state index in [0.29, 0.717) is 10.0 Å². The summed E-state index contributed by atoms with van der Waals surface area (Å²) >= 11 is 7.42. The smallest absolute Gasteiger partial charge is 0.237 e. The van der Waals surface area contributed by atoms with Crippen molar-refractivity contribution in [3.63, 3.8) is 0 Å². The first-order valence-corrected chi connectivity index (χ1v) is 7.89. The number of aryl methyl sites for hydroxylation is 2. The van der Waals surface area contributed by atoms with Crippen LogP contribution in [0.25, 0.3) is 0 Å². The van der Waals surface area contributed by atoms with Gasteiger partial charge in [0.2, 0.25) is 5.91 Å². The van der Waals surface area contributed by atoms with E-state index in [1.54, 1.807) is 18.3 Å². The van der Waals surface area contributed by atoms with Crippen molar-refractivity contribution in [2.24, 2.45) is 0 Å². The standard InChI is InChI=1S/C16H17ClN2OS/c1-10-6-4-7-11(2)14(10)19-15(20)12(3)21-16-13(17)8-5-9-18-16/h4-9,12H,1-3H3,(H,19,20)/t12-/m0/s1. The number of carbonyl (C=O) groups is 1. The SMILES string of the molecule is Cc1cccc(C)c1NC(=O)[C@H](C)Sc1ncccc1Cl. The van der Waals surface area contributed by atoms with Crippen LogP contribution in [0.15, 0.2) is 41.6 Å². The lowest BCUT2D eigenvalue weighted by Crippen LogP contribution is -2.23. The van der Waals surface area contributed by atoms with Crippen LogP contribution >= 0.6 is 23.4 Å². The first kappa shape index (κ1) is 15.9. The number of aromatic nitrogens is 1. The maximum Gasteiger partial charge on any atom is 0.237 e. The molecule has 0 aliphatic carbocycles. The average Bonchev–Trinajstić information content (AvgIpc) is 2.45. The second kappa shape index (κ2) is 6.96. The summed E-state index contributed by atoms with van der Waals surface area (Å²) in [7, 11) is 0. The van der Waals surface area contributed by atoms with Crippen molar-refractivity contribution in [1.29, 1.82) is 0 Å². The molecule has 21 heavy (non-hydrogen) atoms. The molecular weight excluding hydrogens is 304 g/mol. The Morgan fingerprint density at radius 1 is 1.24 bits per heavy atom. The highest BCUT2D eigenvalue weighted by atomic mass is 35.5. The molecule has 1 N–H and O–H groups in total. The minimum Gasteiger partial charge on any atom is -0.325 e. The molecule has 1 aromatic heterocycles. The highest BCUT2D eigenvalue weighted by Gasteiger charge is 2.18. The predicted octanol–water partition coefficient (Wildman–Crippen LogP) is 4.47. The number of halogens is 1. The Kier molecular flexibility index (Phi) is 5.26. The number of benzene rings is 1. The van der Waals surface area contributed by atoms with E-state index < -0.39 is 0 Å². The Morgan fingerprint density at radius 2 is 1.90 bits per heavy atom. The molecule has 0 saturated heterocycles. The van der Waals surface area contributed by atoms with Crippen LogP contribution in [0.4, 0.5) is 5.69 Å². The lowest BCUT2D eigenvalue weighted by Gasteiger charge is -2.15. The molecule has 2 aromatic rings. The fraction of sp³-hybridized carbons (Fsp3) is 0.250. The van der Waals surface area contributed by atoms with Crippen LogP contribution in [-0.2, 0) is 4.79 Å². The van der Waals surface area contributed by atoms with Gasteiger partial charge in [0.25, 0.3) is 0 Å². The van der Waals surface area contributed by atoms with Crippen LogP contribution < -0.4 is 5.32 Å². The van der Waals surface area contributed by atoms with E-state index in [9.17, 15) is 4.79 Å². The molecule has 0 fully saturated rings. The van der Waals surface area contributed by atoms with Gasteiger partial charge in [-0.15, -0.1) is 0 Å². The van der Waals surface area contributed by atoms with Gasteiger partial charge >= 0.3 is 0 Å². The zero-order valence-electron chi connectivity index (χ0n) is 12.2. The summed E-state index contributed by atoms with van der Waals surface area (Å²) in [6.07, 6.45) is 1.67. The Balaban J connectivity index is 2.08. The van der Waals surface area contributed by atoms with Gasteiger partial charge in [0.05, 0.1) is 10.3 Å². The summed E-state index contributed by atoms with van der Waals surface area (Å²) in [5.74, 6) is -0.0564. The first-order chi connectivity index (χ1) is 9.99. The van der Waals surface area contributed by atoms with E-state index in [2.05, 4.69) is 10.3 Å². The van der Waals surface area contributed by atoms with Crippen LogP contribution in [0.1, 0.15) is 18.1 Å². The monoisotopic (exact) mass is 320 g/mol. The van der Waals surface area contributed by atoms with E-state index >= 15 is 0 Å². The summed E-state index contributed by atoms with van der Waals surface area (Å²) < 4.78 is 0. The number of hydrogen-bond donors (Lipinski definition) is 1. The van der Waals surface area contributed by atoms with Crippen LogP contribution in [0, 0.1) is 13.8 Å². The molecule has 0 radical (unpaired) electrons. The summed E-state index contributed by atoms with van der Waals surface area (Å²) in [4.78, 5) is 16.5. The number of hydrogen-bond acceptors (Lipinski definition) is 3. The molecule has 0 saturated carbocycles. The number of pyridine rings is 1. The molecule has 1 heterocycles. The number of carbonyl (C=O) groups excluding carboxylic acids is 1. The maximum atomic E-state index is 12.3. The van der Waals surface area contributed by atoms with Gasteiger partial charge in [0, 0.05) is 11.9 Å². The van der Waals surface area contributed by atoms with Gasteiger partial charge in [0.15, 0.2) is 0 Å². The van der Waals surface area contributed by atoms with E-state index in [4.69, 9.17) is 11.6 Å². The third-order valence-corrected chi connectivity index (χ3v) is 4.64. The molecule has 1 amide bonds. The topological polar surface area (TPSA) is 42.0 Å². The van der Waals surface area contributed by atoms with Gasteiger partial charge in [-0.1, -0.05) is 41.6 Å². The Bertz CT molecular complexity index is 640. The number of rotatable bonds is 4. The zero-order chi connectivity index (χ0) is 15.4. The van der Waals surface area contributed by atoms with Gasteiger partial charge in [0.1, 0.15) is 5.03 Å². The minimum atomic E-state index is -0.281. The number of anilines is 1. The Labute approximate surface area is 134 Å². The van der Waals surface area contributed by atoms with Crippen molar-refractivity contribution in [3.8, 4) is 0 Å². The second-order valence-corrected chi connectivity index (χ2v) is 6.54. The van der Waals surface area contributed by atoms with E-state index in [1.165, 1.54) is 11.8 Å². The van der Waals surface area contributed by atoms with Crippen molar-refractivity contribution in [1.82, 2.24) is 4.98 Å². The predicted molar refractivity (Wildman–Crippen MR) is 89.1 cm³/mol. The highest BCUT2D eigenvalue weighted by molar-refractivity contribution is 8.00. The fourth-order valence-electron chi connectivity index (χ4n) is 1.92. The van der Waals surface area contributed by atoms with Crippen LogP contribution in [0.3, 0.4) is 0 Å². The molecule has 110 valence electrons. The molecule has 0 aliphatic rings. The lowest BCUT2D eigenvalue weighted by molar-refractivity contribution is -0.115. The summed E-state index contributed by atoms with van der Waals surface area (Å²) in [5.41, 5.74) is 2.98. The van der Waals surface area contributed by atoms with Gasteiger partial charge in [-0.05, 0) is 44.0 Å². The Hall–Kier alpha value is -1.52. The van der Waals surface area contributed by atoms with Gasteiger partial charge in [-0.2, -0.15) is 0 Å². The number of nitrogens with one attached hydrogen (secondary N) is 1. The number of amides is 1.